The average molecular weight is 634 g/mol. The molecule has 238 valence electrons. The summed E-state index contributed by atoms with van der Waals surface area (Å²) in [5.74, 6) is 0.486. The Bertz CT molecular complexity index is 2120. The molecule has 0 saturated carbocycles. The molecule has 0 amide bonds. The molecule has 0 aliphatic rings. The van der Waals surface area contributed by atoms with Crippen molar-refractivity contribution in [2.75, 3.05) is 9.91 Å². The van der Waals surface area contributed by atoms with E-state index in [9.17, 15) is 0 Å². The van der Waals surface area contributed by atoms with Crippen molar-refractivity contribution in [1.82, 2.24) is 0 Å². The lowest BCUT2D eigenvalue weighted by atomic mass is 10.0. The highest BCUT2D eigenvalue weighted by atomic mass is 15.5. The van der Waals surface area contributed by atoms with Gasteiger partial charge in [-0.05, 0) is 88.2 Å². The first-order valence-corrected chi connectivity index (χ1v) is 16.8. The lowest BCUT2D eigenvalue weighted by Gasteiger charge is -2.27. The van der Waals surface area contributed by atoms with Crippen molar-refractivity contribution < 1.29 is 0 Å². The van der Waals surface area contributed by atoms with Crippen molar-refractivity contribution in [3.05, 3.63) is 198 Å². The molecule has 0 fully saturated rings. The van der Waals surface area contributed by atoms with Gasteiger partial charge in [0.2, 0.25) is 0 Å². The molecule has 0 bridgehead atoms. The van der Waals surface area contributed by atoms with Gasteiger partial charge in [-0.3, -0.25) is 0 Å². The lowest BCUT2D eigenvalue weighted by molar-refractivity contribution is 0.866. The Morgan fingerprint density at radius 2 is 0.939 bits per heavy atom. The van der Waals surface area contributed by atoms with Crippen LogP contribution in [0.3, 0.4) is 0 Å². The fourth-order valence-corrected chi connectivity index (χ4v) is 6.00. The number of nitrogens with zero attached hydrogens (tertiary/aromatic N) is 3. The molecule has 0 spiro atoms. The molecule has 0 saturated heterocycles. The summed E-state index contributed by atoms with van der Waals surface area (Å²) in [7, 11) is 0. The molecule has 3 nitrogen and oxygen atoms in total. The summed E-state index contributed by atoms with van der Waals surface area (Å²) in [6, 6.07) is 61.8. The molecule has 7 rings (SSSR count). The Labute approximate surface area is 289 Å². The predicted molar refractivity (Wildman–Crippen MR) is 211 cm³/mol. The van der Waals surface area contributed by atoms with Gasteiger partial charge in [-0.25, -0.2) is 5.01 Å². The second-order valence-electron chi connectivity index (χ2n) is 12.4. The lowest BCUT2D eigenvalue weighted by Crippen LogP contribution is -2.10. The number of rotatable bonds is 10. The first-order valence-electron chi connectivity index (χ1n) is 16.8. The molecule has 7 aromatic rings. The van der Waals surface area contributed by atoms with Gasteiger partial charge in [0.25, 0.3) is 0 Å². The normalized spacial score (nSPS) is 11.5. The molecular weight excluding hydrogens is 595 g/mol. The van der Waals surface area contributed by atoms with Crippen LogP contribution in [-0.2, 0) is 0 Å². The van der Waals surface area contributed by atoms with Crippen LogP contribution in [0.1, 0.15) is 42.0 Å². The van der Waals surface area contributed by atoms with Gasteiger partial charge in [-0.1, -0.05) is 147 Å². The Morgan fingerprint density at radius 1 is 0.449 bits per heavy atom. The average Bonchev–Trinajstić information content (AvgIpc) is 3.16. The van der Waals surface area contributed by atoms with E-state index in [0.29, 0.717) is 5.92 Å². The van der Waals surface area contributed by atoms with E-state index in [1.165, 1.54) is 16.3 Å². The van der Waals surface area contributed by atoms with Crippen LogP contribution in [0.15, 0.2) is 181 Å². The van der Waals surface area contributed by atoms with Crippen LogP contribution in [0.4, 0.5) is 28.4 Å². The molecule has 0 aromatic heterocycles. The number of para-hydroxylation sites is 2. The molecule has 0 atom stereocenters. The third-order valence-corrected chi connectivity index (χ3v) is 8.71. The van der Waals surface area contributed by atoms with Crippen LogP contribution in [0, 0.1) is 0 Å². The largest absolute Gasteiger partial charge is 0.310 e. The van der Waals surface area contributed by atoms with Crippen molar-refractivity contribution in [2.24, 2.45) is 5.10 Å². The maximum absolute atomic E-state index is 4.84. The van der Waals surface area contributed by atoms with Crippen molar-refractivity contribution >= 4 is 57.6 Å². The van der Waals surface area contributed by atoms with Gasteiger partial charge in [-0.15, -0.1) is 0 Å². The first kappa shape index (κ1) is 31.4. The molecule has 0 heterocycles. The summed E-state index contributed by atoms with van der Waals surface area (Å²) in [6.07, 6.45) is 6.23. The van der Waals surface area contributed by atoms with Gasteiger partial charge in [0, 0.05) is 16.8 Å². The molecule has 0 aliphatic carbocycles. The molecule has 0 aliphatic heterocycles. The van der Waals surface area contributed by atoms with Gasteiger partial charge < -0.3 is 4.90 Å². The van der Waals surface area contributed by atoms with E-state index in [-0.39, 0.29) is 0 Å². The smallest absolute Gasteiger partial charge is 0.0652 e. The maximum atomic E-state index is 4.84. The minimum Gasteiger partial charge on any atom is -0.310 e. The fourth-order valence-electron chi connectivity index (χ4n) is 6.00. The molecular formula is C46H39N3. The van der Waals surface area contributed by atoms with Crippen molar-refractivity contribution in [2.45, 2.75) is 19.8 Å². The Hall–Kier alpha value is -6.19. The number of hydrazone groups is 1. The summed E-state index contributed by atoms with van der Waals surface area (Å²) in [6.45, 7) is 4.47. The zero-order valence-electron chi connectivity index (χ0n) is 27.9. The first-order chi connectivity index (χ1) is 24.1. The van der Waals surface area contributed by atoms with Crippen molar-refractivity contribution in [3.8, 4) is 0 Å². The SMILES string of the molecule is CC(C)c1ccc(N(c2ccc(/C=C/c3ccc(/C=N/N(c4ccccc4)c4ccccc4)cc3)cc2)c2cccc3ccccc23)cc1. The molecule has 7 aromatic carbocycles. The summed E-state index contributed by atoms with van der Waals surface area (Å²) >= 11 is 0. The Kier molecular flexibility index (Phi) is 9.43. The van der Waals surface area contributed by atoms with Crippen LogP contribution in [0.25, 0.3) is 22.9 Å². The summed E-state index contributed by atoms with van der Waals surface area (Å²) in [5.41, 5.74) is 10.1. The van der Waals surface area contributed by atoms with E-state index in [2.05, 4.69) is 170 Å². The highest BCUT2D eigenvalue weighted by molar-refractivity contribution is 5.99. The number of benzene rings is 7. The number of hydrogen-bond donors (Lipinski definition) is 0. The number of hydrogen-bond acceptors (Lipinski definition) is 3. The van der Waals surface area contributed by atoms with Gasteiger partial charge in [-0.2, -0.15) is 5.10 Å². The van der Waals surface area contributed by atoms with Crippen LogP contribution in [-0.4, -0.2) is 6.21 Å². The van der Waals surface area contributed by atoms with Crippen LogP contribution in [0.5, 0.6) is 0 Å². The topological polar surface area (TPSA) is 18.8 Å². The zero-order chi connectivity index (χ0) is 33.4. The highest BCUT2D eigenvalue weighted by Crippen LogP contribution is 2.39. The Morgan fingerprint density at radius 3 is 1.53 bits per heavy atom. The molecule has 0 N–H and O–H groups in total. The maximum Gasteiger partial charge on any atom is 0.0652 e. The van der Waals surface area contributed by atoms with Crippen LogP contribution < -0.4 is 9.91 Å². The predicted octanol–water partition coefficient (Wildman–Crippen LogP) is 12.8. The van der Waals surface area contributed by atoms with E-state index < -0.39 is 0 Å². The number of anilines is 5. The monoisotopic (exact) mass is 633 g/mol. The van der Waals surface area contributed by atoms with Crippen molar-refractivity contribution in [3.63, 3.8) is 0 Å². The van der Waals surface area contributed by atoms with E-state index >= 15 is 0 Å². The fraction of sp³-hybridized carbons (Fsp3) is 0.0652. The van der Waals surface area contributed by atoms with Gasteiger partial charge in [0.1, 0.15) is 0 Å². The second-order valence-corrected chi connectivity index (χ2v) is 12.4. The summed E-state index contributed by atoms with van der Waals surface area (Å²) < 4.78 is 0. The third kappa shape index (κ3) is 7.37. The van der Waals surface area contributed by atoms with E-state index in [1.54, 1.807) is 0 Å². The minimum absolute atomic E-state index is 0.486. The van der Waals surface area contributed by atoms with Gasteiger partial charge >= 0.3 is 0 Å². The molecule has 3 heteroatoms. The van der Waals surface area contributed by atoms with E-state index in [1.807, 2.05) is 47.6 Å². The van der Waals surface area contributed by atoms with Gasteiger partial charge in [0.15, 0.2) is 0 Å². The van der Waals surface area contributed by atoms with Crippen LogP contribution in [0.2, 0.25) is 0 Å². The quantitative estimate of drug-likeness (QED) is 0.0848. The third-order valence-electron chi connectivity index (χ3n) is 8.71. The molecule has 49 heavy (non-hydrogen) atoms. The standard InChI is InChI=1S/C46H39N3/c1-35(2)39-28-32-42(33-29-39)48(46-19-11-13-40-12-9-10-18-45(40)46)41-30-26-37(27-31-41)21-20-36-22-24-38(25-23-36)34-47-49(43-14-5-3-6-15-43)44-16-7-4-8-17-44/h3-35H,1-2H3/b21-20+,47-34+. The second kappa shape index (κ2) is 14.7. The zero-order valence-corrected chi connectivity index (χ0v) is 27.9. The summed E-state index contributed by atoms with van der Waals surface area (Å²) in [4.78, 5) is 2.36. The number of fused-ring (bicyclic) bond motifs is 1. The Balaban J connectivity index is 1.11. The van der Waals surface area contributed by atoms with E-state index in [0.717, 1.165) is 45.1 Å². The highest BCUT2D eigenvalue weighted by Gasteiger charge is 2.15. The summed E-state index contributed by atoms with van der Waals surface area (Å²) in [5, 5.41) is 9.25. The van der Waals surface area contributed by atoms with Crippen molar-refractivity contribution in [1.29, 1.82) is 0 Å². The van der Waals surface area contributed by atoms with E-state index in [4.69, 9.17) is 5.10 Å². The van der Waals surface area contributed by atoms with Gasteiger partial charge in [0.05, 0.1) is 23.3 Å². The van der Waals surface area contributed by atoms with Crippen LogP contribution >= 0.6 is 0 Å². The minimum atomic E-state index is 0.486. The molecule has 0 radical (unpaired) electrons. The molecule has 0 unspecified atom stereocenters.